The third-order valence-electron chi connectivity index (χ3n) is 4.62. The van der Waals surface area contributed by atoms with Gasteiger partial charge in [-0.1, -0.05) is 0 Å². The van der Waals surface area contributed by atoms with E-state index in [0.29, 0.717) is 11.2 Å². The third kappa shape index (κ3) is 2.91. The van der Waals surface area contributed by atoms with Crippen LogP contribution in [-0.4, -0.2) is 55.9 Å². The lowest BCUT2D eigenvalue weighted by atomic mass is 10.1. The molecule has 25 heavy (non-hydrogen) atoms. The van der Waals surface area contributed by atoms with Gasteiger partial charge in [0.1, 0.15) is 5.56 Å². The topological polar surface area (TPSA) is 66.6 Å². The Bertz CT molecular complexity index is 888. The summed E-state index contributed by atoms with van der Waals surface area (Å²) >= 11 is 1.62. The van der Waals surface area contributed by atoms with Crippen molar-refractivity contribution in [2.24, 2.45) is 0 Å². The number of hydrogen-bond acceptors (Lipinski definition) is 6. The first-order valence-electron chi connectivity index (χ1n) is 8.30. The average molecular weight is 356 g/mol. The van der Waals surface area contributed by atoms with Crippen LogP contribution in [0.1, 0.15) is 40.6 Å². The maximum Gasteiger partial charge on any atom is 0.258 e. The van der Waals surface area contributed by atoms with Gasteiger partial charge in [0.15, 0.2) is 5.65 Å². The molecule has 0 unspecified atom stereocenters. The highest BCUT2D eigenvalue weighted by Gasteiger charge is 2.29. The van der Waals surface area contributed by atoms with Crippen molar-refractivity contribution in [3.63, 3.8) is 0 Å². The second-order valence-corrected chi connectivity index (χ2v) is 7.19. The smallest absolute Gasteiger partial charge is 0.258 e. The van der Waals surface area contributed by atoms with Crippen molar-refractivity contribution in [2.45, 2.75) is 25.4 Å². The highest BCUT2D eigenvalue weighted by atomic mass is 32.1. The number of carbonyl (C=O) groups excluding carboxylic acids is 1. The van der Waals surface area contributed by atoms with Crippen LogP contribution in [0.25, 0.3) is 5.65 Å². The Morgan fingerprint density at radius 2 is 2.28 bits per heavy atom. The van der Waals surface area contributed by atoms with Crippen LogP contribution in [0.4, 0.5) is 0 Å². The summed E-state index contributed by atoms with van der Waals surface area (Å²) in [5.74, 6) is -0.0783. The van der Waals surface area contributed by atoms with Gasteiger partial charge in [-0.15, -0.1) is 11.3 Å². The van der Waals surface area contributed by atoms with Gasteiger partial charge < -0.3 is 4.90 Å². The molecule has 0 bridgehead atoms. The molecule has 130 valence electrons. The van der Waals surface area contributed by atoms with Gasteiger partial charge in [0.25, 0.3) is 5.91 Å². The number of aromatic nitrogens is 4. The van der Waals surface area contributed by atoms with Crippen LogP contribution < -0.4 is 0 Å². The lowest BCUT2D eigenvalue weighted by molar-refractivity contribution is 0.0829. The van der Waals surface area contributed by atoms with Crippen LogP contribution >= 0.6 is 11.3 Å². The van der Waals surface area contributed by atoms with Crippen molar-refractivity contribution < 1.29 is 4.79 Å². The first kappa shape index (κ1) is 16.2. The minimum Gasteiger partial charge on any atom is -0.345 e. The number of carbonyl (C=O) groups is 1. The lowest BCUT2D eigenvalue weighted by Gasteiger charge is -2.24. The van der Waals surface area contributed by atoms with Crippen LogP contribution in [0.15, 0.2) is 29.4 Å². The first-order chi connectivity index (χ1) is 12.1. The van der Waals surface area contributed by atoms with E-state index in [-0.39, 0.29) is 11.9 Å². The summed E-state index contributed by atoms with van der Waals surface area (Å²) < 4.78 is 1.82. The summed E-state index contributed by atoms with van der Waals surface area (Å²) in [6.45, 7) is 1.87. The van der Waals surface area contributed by atoms with E-state index >= 15 is 0 Å². The zero-order chi connectivity index (χ0) is 17.4. The molecule has 0 radical (unpaired) electrons. The molecular formula is C17H20N6OS. The molecule has 3 aromatic heterocycles. The van der Waals surface area contributed by atoms with Crippen molar-refractivity contribution >= 4 is 22.9 Å². The van der Waals surface area contributed by atoms with Gasteiger partial charge in [0.05, 0.1) is 29.1 Å². The number of amides is 1. The number of fused-ring (bicyclic) bond motifs is 1. The van der Waals surface area contributed by atoms with Gasteiger partial charge in [-0.2, -0.15) is 5.10 Å². The second-order valence-electron chi connectivity index (χ2n) is 6.47. The van der Waals surface area contributed by atoms with E-state index in [1.807, 2.05) is 16.1 Å². The van der Waals surface area contributed by atoms with E-state index in [1.165, 1.54) is 0 Å². The summed E-state index contributed by atoms with van der Waals surface area (Å²) in [6.07, 6.45) is 5.61. The van der Waals surface area contributed by atoms with Gasteiger partial charge in [-0.3, -0.25) is 9.69 Å². The molecule has 0 spiro atoms. The molecule has 1 atom stereocenters. The summed E-state index contributed by atoms with van der Waals surface area (Å²) in [5.41, 5.74) is 5.21. The van der Waals surface area contributed by atoms with Gasteiger partial charge in [0.2, 0.25) is 0 Å². The number of nitrogens with zero attached hydrogens (tertiary/aromatic N) is 6. The highest BCUT2D eigenvalue weighted by Crippen LogP contribution is 2.33. The van der Waals surface area contributed by atoms with Gasteiger partial charge in [-0.25, -0.2) is 14.5 Å². The number of rotatable bonds is 4. The fourth-order valence-corrected chi connectivity index (χ4v) is 3.98. The van der Waals surface area contributed by atoms with E-state index < -0.39 is 0 Å². The molecule has 0 saturated carbocycles. The Labute approximate surface area is 149 Å². The molecule has 1 aliphatic heterocycles. The number of thiazole rings is 1. The number of likely N-dealkylation sites (tertiary alicyclic amines) is 1. The van der Waals surface area contributed by atoms with Crippen molar-refractivity contribution in [1.82, 2.24) is 29.4 Å². The zero-order valence-corrected chi connectivity index (χ0v) is 15.1. The largest absolute Gasteiger partial charge is 0.345 e. The maximum absolute atomic E-state index is 12.3. The van der Waals surface area contributed by atoms with Crippen molar-refractivity contribution in [3.8, 4) is 0 Å². The quantitative estimate of drug-likeness (QED) is 0.717. The summed E-state index contributed by atoms with van der Waals surface area (Å²) in [7, 11) is 3.48. The Balaban J connectivity index is 1.70. The molecule has 3 aromatic rings. The van der Waals surface area contributed by atoms with Crippen molar-refractivity contribution in [1.29, 1.82) is 0 Å². The van der Waals surface area contributed by atoms with Crippen molar-refractivity contribution in [3.05, 3.63) is 46.3 Å². The van der Waals surface area contributed by atoms with Crippen LogP contribution in [0, 0.1) is 0 Å². The number of hydrogen-bond donors (Lipinski definition) is 0. The maximum atomic E-state index is 12.3. The monoisotopic (exact) mass is 356 g/mol. The highest BCUT2D eigenvalue weighted by molar-refractivity contribution is 7.07. The second kappa shape index (κ2) is 6.53. The molecule has 1 amide bonds. The van der Waals surface area contributed by atoms with E-state index in [0.717, 1.165) is 37.3 Å². The van der Waals surface area contributed by atoms with Crippen LogP contribution in [0.3, 0.4) is 0 Å². The van der Waals surface area contributed by atoms with Gasteiger partial charge in [0, 0.05) is 32.2 Å². The minimum atomic E-state index is -0.0783. The molecule has 1 saturated heterocycles. The Hall–Kier alpha value is -2.32. The molecule has 4 rings (SSSR count). The van der Waals surface area contributed by atoms with E-state index in [4.69, 9.17) is 0 Å². The van der Waals surface area contributed by atoms with Gasteiger partial charge >= 0.3 is 0 Å². The van der Waals surface area contributed by atoms with Crippen LogP contribution in [0.2, 0.25) is 0 Å². The Morgan fingerprint density at radius 1 is 1.40 bits per heavy atom. The summed E-state index contributed by atoms with van der Waals surface area (Å²) in [5, 5.41) is 6.56. The zero-order valence-electron chi connectivity index (χ0n) is 14.3. The van der Waals surface area contributed by atoms with Crippen molar-refractivity contribution in [2.75, 3.05) is 20.6 Å². The fourth-order valence-electron chi connectivity index (χ4n) is 3.43. The third-order valence-corrected chi connectivity index (χ3v) is 5.26. The lowest BCUT2D eigenvalue weighted by Crippen LogP contribution is -2.25. The molecule has 7 nitrogen and oxygen atoms in total. The van der Waals surface area contributed by atoms with E-state index in [2.05, 4.69) is 25.3 Å². The van der Waals surface area contributed by atoms with E-state index in [9.17, 15) is 4.79 Å². The first-order valence-corrected chi connectivity index (χ1v) is 9.25. The predicted octanol–water partition coefficient (Wildman–Crippen LogP) is 2.22. The molecule has 0 N–H and O–H groups in total. The van der Waals surface area contributed by atoms with Crippen LogP contribution in [-0.2, 0) is 6.54 Å². The molecule has 1 aliphatic rings. The average Bonchev–Trinajstić information content (AvgIpc) is 3.34. The molecular weight excluding hydrogens is 336 g/mol. The van der Waals surface area contributed by atoms with E-state index in [1.54, 1.807) is 42.7 Å². The van der Waals surface area contributed by atoms with Gasteiger partial charge in [-0.05, 0) is 25.5 Å². The normalized spacial score (nSPS) is 18.1. The summed E-state index contributed by atoms with van der Waals surface area (Å²) in [4.78, 5) is 25.1. The summed E-state index contributed by atoms with van der Waals surface area (Å²) in [6, 6.07) is 2.27. The SMILES string of the molecule is CN(C)C(=O)c1cnn2c([C@H]3CCCN3Cc3cscn3)ccnc12. The minimum absolute atomic E-state index is 0.0783. The fraction of sp³-hybridized carbons (Fsp3) is 0.412. The predicted molar refractivity (Wildman–Crippen MR) is 95.5 cm³/mol. The van der Waals surface area contributed by atoms with Crippen LogP contribution in [0.5, 0.6) is 0 Å². The molecule has 0 aromatic carbocycles. The standard InChI is InChI=1S/C17H20N6OS/c1-21(2)17(24)13-8-20-23-15(5-6-18-16(13)23)14-4-3-7-22(14)9-12-10-25-11-19-12/h5-6,8,10-11,14H,3-4,7,9H2,1-2H3/t14-/m1/s1. The molecule has 1 fully saturated rings. The molecule has 4 heterocycles. The Morgan fingerprint density at radius 3 is 3.04 bits per heavy atom. The Kier molecular flexibility index (Phi) is 4.22. The molecule has 8 heteroatoms. The molecule has 0 aliphatic carbocycles.